The van der Waals surface area contributed by atoms with E-state index in [9.17, 15) is 13.2 Å². The summed E-state index contributed by atoms with van der Waals surface area (Å²) in [5.74, 6) is 0.442. The highest BCUT2D eigenvalue weighted by atomic mass is 32.2. The van der Waals surface area contributed by atoms with E-state index in [1.807, 2.05) is 23.1 Å². The van der Waals surface area contributed by atoms with Crippen LogP contribution in [0.3, 0.4) is 0 Å². The topological polar surface area (TPSA) is 76.0 Å². The Morgan fingerprint density at radius 2 is 2.16 bits per heavy atom. The van der Waals surface area contributed by atoms with Crippen molar-refractivity contribution in [2.45, 2.75) is 24.3 Å². The molecular formula is C17H20N2O4S2. The molecule has 0 saturated carbocycles. The lowest BCUT2D eigenvalue weighted by molar-refractivity contribution is -0.123. The van der Waals surface area contributed by atoms with Crippen LogP contribution < -0.4 is 4.74 Å². The van der Waals surface area contributed by atoms with Gasteiger partial charge >= 0.3 is 0 Å². The largest absolute Gasteiger partial charge is 0.481 e. The maximum absolute atomic E-state index is 12.4. The van der Waals surface area contributed by atoms with E-state index in [4.69, 9.17) is 4.74 Å². The molecule has 134 valence electrons. The summed E-state index contributed by atoms with van der Waals surface area (Å²) in [4.78, 5) is 18.5. The van der Waals surface area contributed by atoms with Crippen molar-refractivity contribution < 1.29 is 17.9 Å². The van der Waals surface area contributed by atoms with E-state index in [0.29, 0.717) is 17.5 Å². The lowest BCUT2D eigenvalue weighted by atomic mass is 10.2. The van der Waals surface area contributed by atoms with Gasteiger partial charge in [-0.2, -0.15) is 4.99 Å². The molecule has 8 heteroatoms. The van der Waals surface area contributed by atoms with Crippen LogP contribution >= 0.6 is 11.8 Å². The van der Waals surface area contributed by atoms with E-state index in [1.54, 1.807) is 25.1 Å². The van der Waals surface area contributed by atoms with Crippen molar-refractivity contribution in [2.75, 3.05) is 18.1 Å². The minimum Gasteiger partial charge on any atom is -0.481 e. The number of carbonyl (C=O) groups is 1. The number of nitrogens with zero attached hydrogens (tertiary/aromatic N) is 2. The van der Waals surface area contributed by atoms with Crippen molar-refractivity contribution in [1.29, 1.82) is 0 Å². The minimum absolute atomic E-state index is 0.0816. The van der Waals surface area contributed by atoms with Crippen molar-refractivity contribution in [3.63, 3.8) is 0 Å². The van der Waals surface area contributed by atoms with Gasteiger partial charge in [0.05, 0.1) is 17.5 Å². The molecule has 3 rings (SSSR count). The molecule has 1 aromatic carbocycles. The third-order valence-corrected chi connectivity index (χ3v) is 7.36. The fourth-order valence-corrected chi connectivity index (χ4v) is 6.89. The molecule has 0 radical (unpaired) electrons. The van der Waals surface area contributed by atoms with Gasteiger partial charge in [0.1, 0.15) is 5.75 Å². The standard InChI is InChI=1S/C17H20N2O4S2/c1-3-9-19-14-10-25(21,22)11-15(14)24-17(19)18-16(20)12(2)23-13-7-5-4-6-8-13/h3-8,12,14-15H,1,9-11H2,2H3. The van der Waals surface area contributed by atoms with Crippen LogP contribution in [0, 0.1) is 0 Å². The van der Waals surface area contributed by atoms with E-state index in [1.165, 1.54) is 11.8 Å². The quantitative estimate of drug-likeness (QED) is 0.724. The zero-order valence-corrected chi connectivity index (χ0v) is 15.5. The minimum atomic E-state index is -3.03. The van der Waals surface area contributed by atoms with E-state index < -0.39 is 15.9 Å². The Labute approximate surface area is 151 Å². The molecule has 2 heterocycles. The number of ether oxygens (including phenoxy) is 1. The third kappa shape index (κ3) is 4.07. The van der Waals surface area contributed by atoms with Gasteiger partial charge in [0, 0.05) is 11.8 Å². The normalized spacial score (nSPS) is 27.1. The van der Waals surface area contributed by atoms with Crippen LogP contribution in [0.15, 0.2) is 48.0 Å². The molecule has 0 aliphatic carbocycles. The van der Waals surface area contributed by atoms with Gasteiger partial charge in [-0.15, -0.1) is 6.58 Å². The van der Waals surface area contributed by atoms with Crippen molar-refractivity contribution in [2.24, 2.45) is 4.99 Å². The van der Waals surface area contributed by atoms with Gasteiger partial charge in [-0.25, -0.2) is 8.42 Å². The number of benzene rings is 1. The summed E-state index contributed by atoms with van der Waals surface area (Å²) in [6, 6.07) is 8.94. The predicted octanol–water partition coefficient (Wildman–Crippen LogP) is 1.74. The Morgan fingerprint density at radius 3 is 2.84 bits per heavy atom. The fourth-order valence-electron chi connectivity index (χ4n) is 2.93. The molecule has 3 unspecified atom stereocenters. The number of fused-ring (bicyclic) bond motifs is 1. The fraction of sp³-hybridized carbons (Fsp3) is 0.412. The molecule has 0 N–H and O–H groups in total. The van der Waals surface area contributed by atoms with Crippen LogP contribution in [0.5, 0.6) is 5.75 Å². The van der Waals surface area contributed by atoms with Gasteiger partial charge in [-0.1, -0.05) is 36.0 Å². The average molecular weight is 380 g/mol. The molecule has 25 heavy (non-hydrogen) atoms. The van der Waals surface area contributed by atoms with Gasteiger partial charge < -0.3 is 9.64 Å². The summed E-state index contributed by atoms with van der Waals surface area (Å²) in [6.07, 6.45) is 0.975. The van der Waals surface area contributed by atoms with Gasteiger partial charge in [0.2, 0.25) is 0 Å². The Balaban J connectivity index is 1.73. The number of aliphatic imine (C=N–C) groups is 1. The van der Waals surface area contributed by atoms with Crippen LogP contribution in [-0.2, 0) is 14.6 Å². The maximum Gasteiger partial charge on any atom is 0.288 e. The number of carbonyl (C=O) groups excluding carboxylic acids is 1. The third-order valence-electron chi connectivity index (χ3n) is 4.11. The lowest BCUT2D eigenvalue weighted by Crippen LogP contribution is -2.38. The highest BCUT2D eigenvalue weighted by Crippen LogP contribution is 2.38. The van der Waals surface area contributed by atoms with Crippen LogP contribution in [0.2, 0.25) is 0 Å². The maximum atomic E-state index is 12.4. The zero-order valence-electron chi connectivity index (χ0n) is 13.9. The Bertz CT molecular complexity index is 792. The van der Waals surface area contributed by atoms with E-state index in [0.717, 1.165) is 0 Å². The first kappa shape index (κ1) is 18.0. The second-order valence-electron chi connectivity index (χ2n) is 6.05. The van der Waals surface area contributed by atoms with Crippen molar-refractivity contribution in [1.82, 2.24) is 4.90 Å². The predicted molar refractivity (Wildman–Crippen MR) is 99.7 cm³/mol. The molecule has 2 saturated heterocycles. The Morgan fingerprint density at radius 1 is 1.44 bits per heavy atom. The number of sulfone groups is 1. The first-order valence-electron chi connectivity index (χ1n) is 7.98. The first-order chi connectivity index (χ1) is 11.9. The molecule has 0 bridgehead atoms. The summed E-state index contributed by atoms with van der Waals surface area (Å²) < 4.78 is 29.3. The number of amidine groups is 1. The molecule has 0 aromatic heterocycles. The van der Waals surface area contributed by atoms with Crippen LogP contribution in [0.25, 0.3) is 0 Å². The second kappa shape index (κ2) is 7.21. The van der Waals surface area contributed by atoms with Gasteiger partial charge in [0.15, 0.2) is 21.1 Å². The molecule has 1 aromatic rings. The zero-order chi connectivity index (χ0) is 18.0. The number of amides is 1. The molecule has 6 nitrogen and oxygen atoms in total. The smallest absolute Gasteiger partial charge is 0.288 e. The van der Waals surface area contributed by atoms with Crippen LogP contribution in [0.4, 0.5) is 0 Å². The van der Waals surface area contributed by atoms with Crippen molar-refractivity contribution in [3.05, 3.63) is 43.0 Å². The number of para-hydroxylation sites is 1. The van der Waals surface area contributed by atoms with Crippen molar-refractivity contribution in [3.8, 4) is 5.75 Å². The summed E-state index contributed by atoms with van der Waals surface area (Å²) in [5, 5.41) is 0.472. The molecule has 2 aliphatic rings. The molecule has 1 amide bonds. The molecule has 3 atom stereocenters. The highest BCUT2D eigenvalue weighted by molar-refractivity contribution is 8.15. The van der Waals surface area contributed by atoms with E-state index >= 15 is 0 Å². The Hall–Kier alpha value is -1.80. The summed E-state index contributed by atoms with van der Waals surface area (Å²) in [5.41, 5.74) is 0. The number of hydrogen-bond donors (Lipinski definition) is 0. The lowest BCUT2D eigenvalue weighted by Gasteiger charge is -2.22. The Kier molecular flexibility index (Phi) is 5.19. The van der Waals surface area contributed by atoms with E-state index in [-0.39, 0.29) is 28.7 Å². The summed E-state index contributed by atoms with van der Waals surface area (Å²) >= 11 is 1.36. The molecule has 0 spiro atoms. The monoisotopic (exact) mass is 380 g/mol. The van der Waals surface area contributed by atoms with Gasteiger partial charge in [-0.3, -0.25) is 4.79 Å². The van der Waals surface area contributed by atoms with E-state index in [2.05, 4.69) is 11.6 Å². The second-order valence-corrected chi connectivity index (χ2v) is 9.41. The average Bonchev–Trinajstić information content (AvgIpc) is 3.01. The van der Waals surface area contributed by atoms with Crippen LogP contribution in [-0.4, -0.2) is 59.8 Å². The summed E-state index contributed by atoms with van der Waals surface area (Å²) in [7, 11) is -3.03. The first-order valence-corrected chi connectivity index (χ1v) is 10.7. The number of rotatable bonds is 5. The summed E-state index contributed by atoms with van der Waals surface area (Å²) in [6.45, 7) is 5.83. The number of hydrogen-bond acceptors (Lipinski definition) is 5. The van der Waals surface area contributed by atoms with Crippen molar-refractivity contribution >= 4 is 32.7 Å². The SMILES string of the molecule is C=CCN1C(=NC(=O)C(C)Oc2ccccc2)SC2CS(=O)(=O)CC21. The van der Waals surface area contributed by atoms with Gasteiger partial charge in [0.25, 0.3) is 5.91 Å². The molecular weight excluding hydrogens is 360 g/mol. The molecule has 2 aliphatic heterocycles. The number of thioether (sulfide) groups is 1. The highest BCUT2D eigenvalue weighted by Gasteiger charge is 2.48. The van der Waals surface area contributed by atoms with Gasteiger partial charge in [-0.05, 0) is 19.1 Å². The van der Waals surface area contributed by atoms with Crippen LogP contribution in [0.1, 0.15) is 6.92 Å². The molecule has 2 fully saturated rings.